The van der Waals surface area contributed by atoms with E-state index in [-0.39, 0.29) is 0 Å². The third kappa shape index (κ3) is 1.95. The van der Waals surface area contributed by atoms with Gasteiger partial charge in [-0.1, -0.05) is 25.2 Å². The van der Waals surface area contributed by atoms with Crippen LogP contribution in [-0.2, 0) is 0 Å². The van der Waals surface area contributed by atoms with E-state index in [1.807, 2.05) is 20.8 Å². The van der Waals surface area contributed by atoms with Gasteiger partial charge in [0.2, 0.25) is 0 Å². The Morgan fingerprint density at radius 2 is 2.00 bits per heavy atom. The van der Waals surface area contributed by atoms with E-state index in [1.54, 1.807) is 6.07 Å². The first-order valence-corrected chi connectivity index (χ1v) is 4.99. The summed E-state index contributed by atoms with van der Waals surface area (Å²) in [5.74, 6) is 0. The average Bonchev–Trinajstić information content (AvgIpc) is 2.51. The third-order valence-corrected chi connectivity index (χ3v) is 2.51. The van der Waals surface area contributed by atoms with Crippen molar-refractivity contribution in [2.45, 2.75) is 20.8 Å². The summed E-state index contributed by atoms with van der Waals surface area (Å²) in [6.45, 7) is 5.90. The summed E-state index contributed by atoms with van der Waals surface area (Å²) in [6.07, 6.45) is 1.50. The number of hydrogen-bond acceptors (Lipinski definition) is 4. The van der Waals surface area contributed by atoms with Crippen molar-refractivity contribution in [3.63, 3.8) is 0 Å². The molecular weight excluding hydrogens is 184 g/mol. The van der Waals surface area contributed by atoms with Crippen LogP contribution in [0.3, 0.4) is 0 Å². The molecule has 70 valence electrons. The lowest BCUT2D eigenvalue weighted by Crippen LogP contribution is -1.80. The number of aryl methyl sites for hydroxylation is 1. The Labute approximate surface area is 81.1 Å². The van der Waals surface area contributed by atoms with Crippen molar-refractivity contribution in [3.8, 4) is 5.06 Å². The molecule has 0 radical (unpaired) electrons. The van der Waals surface area contributed by atoms with Crippen LogP contribution in [0.15, 0.2) is 12.4 Å². The van der Waals surface area contributed by atoms with Crippen molar-refractivity contribution in [2.24, 2.45) is 0 Å². The topological polar surface area (TPSA) is 46.0 Å². The number of aromatic hydroxyl groups is 1. The quantitative estimate of drug-likeness (QED) is 0.704. The molecule has 13 heavy (non-hydrogen) atoms. The molecule has 2 aromatic heterocycles. The largest absolute Gasteiger partial charge is 0.499 e. The summed E-state index contributed by atoms with van der Waals surface area (Å²) in [5.41, 5.74) is 1.74. The van der Waals surface area contributed by atoms with Crippen LogP contribution in [0.2, 0.25) is 0 Å². The average molecular weight is 196 g/mol. The van der Waals surface area contributed by atoms with Crippen molar-refractivity contribution in [1.29, 1.82) is 0 Å². The van der Waals surface area contributed by atoms with Gasteiger partial charge >= 0.3 is 0 Å². The monoisotopic (exact) mass is 196 g/mol. The smallest absolute Gasteiger partial charge is 0.173 e. The summed E-state index contributed by atoms with van der Waals surface area (Å²) >= 11 is 1.31. The van der Waals surface area contributed by atoms with Crippen LogP contribution in [0.5, 0.6) is 5.06 Å². The van der Waals surface area contributed by atoms with Crippen LogP contribution in [0.25, 0.3) is 10.2 Å². The Bertz CT molecular complexity index is 397. The van der Waals surface area contributed by atoms with Gasteiger partial charge in [0, 0.05) is 6.07 Å². The minimum atomic E-state index is 0.295. The lowest BCUT2D eigenvalue weighted by Gasteiger charge is -1.89. The predicted molar refractivity (Wildman–Crippen MR) is 55.2 cm³/mol. The molecule has 0 fully saturated rings. The second-order valence-electron chi connectivity index (χ2n) is 2.26. The molecule has 0 aromatic carbocycles. The highest BCUT2D eigenvalue weighted by Gasteiger charge is 2.03. The van der Waals surface area contributed by atoms with Gasteiger partial charge in [0.05, 0.1) is 15.9 Å². The van der Waals surface area contributed by atoms with Crippen LogP contribution in [0.1, 0.15) is 19.5 Å². The molecule has 0 spiro atoms. The molecule has 3 nitrogen and oxygen atoms in total. The van der Waals surface area contributed by atoms with E-state index in [0.717, 1.165) is 15.9 Å². The summed E-state index contributed by atoms with van der Waals surface area (Å²) < 4.78 is 0.963. The number of nitrogens with zero attached hydrogens (tertiary/aromatic N) is 2. The van der Waals surface area contributed by atoms with Crippen LogP contribution < -0.4 is 0 Å². The fourth-order valence-corrected chi connectivity index (χ4v) is 1.76. The first-order valence-electron chi connectivity index (χ1n) is 4.17. The van der Waals surface area contributed by atoms with Gasteiger partial charge in [-0.25, -0.2) is 9.97 Å². The van der Waals surface area contributed by atoms with Gasteiger partial charge in [-0.2, -0.15) is 0 Å². The summed E-state index contributed by atoms with van der Waals surface area (Å²) in [7, 11) is 0. The molecule has 2 heterocycles. The zero-order valence-corrected chi connectivity index (χ0v) is 8.72. The summed E-state index contributed by atoms with van der Waals surface area (Å²) in [6, 6.07) is 1.65. The standard InChI is InChI=1S/C7H6N2OS.C2H6/c1-4-7-5(9-3-8-4)2-6(10)11-7;1-2/h2-3,10H,1H3;1-2H3. The minimum absolute atomic E-state index is 0.295. The molecule has 4 heteroatoms. The molecule has 0 unspecified atom stereocenters. The first kappa shape index (κ1) is 9.92. The predicted octanol–water partition coefficient (Wildman–Crippen LogP) is 2.73. The Hall–Kier alpha value is -1.16. The molecule has 1 N–H and O–H groups in total. The van der Waals surface area contributed by atoms with Gasteiger partial charge in [-0.05, 0) is 6.92 Å². The molecule has 2 aromatic rings. The number of rotatable bonds is 0. The lowest BCUT2D eigenvalue weighted by atomic mass is 10.4. The second kappa shape index (κ2) is 4.18. The fourth-order valence-electron chi connectivity index (χ4n) is 0.960. The van der Waals surface area contributed by atoms with E-state index in [4.69, 9.17) is 5.11 Å². The Kier molecular flexibility index (Phi) is 3.19. The zero-order valence-electron chi connectivity index (χ0n) is 7.90. The Morgan fingerprint density at radius 1 is 1.31 bits per heavy atom. The van der Waals surface area contributed by atoms with Gasteiger partial charge in [0.15, 0.2) is 5.06 Å². The highest BCUT2D eigenvalue weighted by molar-refractivity contribution is 7.20. The SMILES string of the molecule is CC.Cc1ncnc2cc(O)sc12. The van der Waals surface area contributed by atoms with E-state index >= 15 is 0 Å². The number of hydrogen-bond donors (Lipinski definition) is 1. The van der Waals surface area contributed by atoms with Gasteiger partial charge in [-0.15, -0.1) is 0 Å². The summed E-state index contributed by atoms with van der Waals surface area (Å²) in [5, 5.41) is 9.43. The van der Waals surface area contributed by atoms with Crippen LogP contribution >= 0.6 is 11.3 Å². The van der Waals surface area contributed by atoms with Crippen molar-refractivity contribution < 1.29 is 5.11 Å². The normalized spacial score (nSPS) is 9.46. The zero-order chi connectivity index (χ0) is 9.84. The molecule has 0 saturated heterocycles. The molecular formula is C9H12N2OS. The van der Waals surface area contributed by atoms with Gasteiger partial charge in [-0.3, -0.25) is 0 Å². The van der Waals surface area contributed by atoms with Crippen LogP contribution in [0.4, 0.5) is 0 Å². The molecule has 0 aliphatic rings. The van der Waals surface area contributed by atoms with E-state index < -0.39 is 0 Å². The van der Waals surface area contributed by atoms with E-state index in [2.05, 4.69) is 9.97 Å². The highest BCUT2D eigenvalue weighted by atomic mass is 32.1. The lowest BCUT2D eigenvalue weighted by molar-refractivity contribution is 0.491. The Balaban J connectivity index is 0.000000396. The number of thiophene rings is 1. The third-order valence-electron chi connectivity index (χ3n) is 1.48. The fraction of sp³-hybridized carbons (Fsp3) is 0.333. The van der Waals surface area contributed by atoms with E-state index in [9.17, 15) is 0 Å². The van der Waals surface area contributed by atoms with Gasteiger partial charge in [0.25, 0.3) is 0 Å². The molecule has 0 saturated carbocycles. The Morgan fingerprint density at radius 3 is 2.62 bits per heavy atom. The maximum atomic E-state index is 9.13. The van der Waals surface area contributed by atoms with Crippen molar-refractivity contribution in [1.82, 2.24) is 9.97 Å². The van der Waals surface area contributed by atoms with Crippen LogP contribution in [-0.4, -0.2) is 15.1 Å². The summed E-state index contributed by atoms with van der Waals surface area (Å²) in [4.78, 5) is 8.01. The molecule has 0 amide bonds. The molecule has 0 bridgehead atoms. The van der Waals surface area contributed by atoms with Crippen molar-refractivity contribution in [2.75, 3.05) is 0 Å². The maximum Gasteiger partial charge on any atom is 0.173 e. The first-order chi connectivity index (χ1) is 6.27. The minimum Gasteiger partial charge on any atom is -0.499 e. The maximum absolute atomic E-state index is 9.13. The highest BCUT2D eigenvalue weighted by Crippen LogP contribution is 2.29. The number of fused-ring (bicyclic) bond motifs is 1. The van der Waals surface area contributed by atoms with Crippen molar-refractivity contribution in [3.05, 3.63) is 18.1 Å². The second-order valence-corrected chi connectivity index (χ2v) is 3.29. The van der Waals surface area contributed by atoms with Gasteiger partial charge in [0.1, 0.15) is 6.33 Å². The molecule has 0 aliphatic carbocycles. The van der Waals surface area contributed by atoms with E-state index in [1.165, 1.54) is 17.7 Å². The molecule has 2 rings (SSSR count). The number of aromatic nitrogens is 2. The van der Waals surface area contributed by atoms with Crippen molar-refractivity contribution >= 4 is 21.6 Å². The van der Waals surface area contributed by atoms with E-state index in [0.29, 0.717) is 5.06 Å². The van der Waals surface area contributed by atoms with Crippen LogP contribution in [0, 0.1) is 6.92 Å². The molecule has 0 aliphatic heterocycles. The van der Waals surface area contributed by atoms with Gasteiger partial charge < -0.3 is 5.11 Å². The molecule has 0 atom stereocenters.